The molecule has 0 saturated heterocycles. The maximum absolute atomic E-state index is 4.10. The largest absolute Gasteiger partial charge is 0.136 e. The molecule has 0 aliphatic rings. The lowest BCUT2D eigenvalue weighted by Crippen LogP contribution is -2.05. The zero-order valence-corrected chi connectivity index (χ0v) is 20.2. The summed E-state index contributed by atoms with van der Waals surface area (Å²) in [6, 6.07) is 31.2. The fourth-order valence-corrected chi connectivity index (χ4v) is 3.06. The van der Waals surface area contributed by atoms with Gasteiger partial charge < -0.3 is 0 Å². The summed E-state index contributed by atoms with van der Waals surface area (Å²) in [5.41, 5.74) is 4.90. The van der Waals surface area contributed by atoms with Gasteiger partial charge in [0.25, 0.3) is 0 Å². The first-order chi connectivity index (χ1) is 15.1. The number of hydrogen-bond donors (Lipinski definition) is 0. The number of hydrogen-bond acceptors (Lipinski definition) is 0. The van der Waals surface area contributed by atoms with Crippen LogP contribution in [0.15, 0.2) is 97.6 Å². The second-order valence-electron chi connectivity index (χ2n) is 8.10. The van der Waals surface area contributed by atoms with E-state index in [4.69, 9.17) is 0 Å². The summed E-state index contributed by atoms with van der Waals surface area (Å²) in [6.45, 7) is 14.0. The third kappa shape index (κ3) is 12.0. The van der Waals surface area contributed by atoms with E-state index < -0.39 is 0 Å². The first kappa shape index (κ1) is 26.5. The molecule has 1 heteroatoms. The predicted octanol–water partition coefficient (Wildman–Crippen LogP) is 9.32. The molecule has 0 N–H and O–H groups in total. The van der Waals surface area contributed by atoms with Crippen molar-refractivity contribution >= 4 is 12.3 Å². The van der Waals surface area contributed by atoms with E-state index >= 15 is 0 Å². The van der Waals surface area contributed by atoms with Gasteiger partial charge in [0, 0.05) is 0 Å². The maximum Gasteiger partial charge on any atom is 0.136 e. The van der Waals surface area contributed by atoms with Gasteiger partial charge in [0.1, 0.15) is 6.71 Å². The summed E-state index contributed by atoms with van der Waals surface area (Å²) in [6.07, 6.45) is 7.93. The van der Waals surface area contributed by atoms with Crippen molar-refractivity contribution in [3.05, 3.63) is 114 Å². The molecule has 31 heavy (non-hydrogen) atoms. The van der Waals surface area contributed by atoms with Gasteiger partial charge in [-0.05, 0) is 28.7 Å². The second-order valence-corrected chi connectivity index (χ2v) is 8.10. The molecule has 0 spiro atoms. The van der Waals surface area contributed by atoms with Crippen molar-refractivity contribution in [2.75, 3.05) is 0 Å². The van der Waals surface area contributed by atoms with Crippen LogP contribution >= 0.6 is 0 Å². The van der Waals surface area contributed by atoms with Crippen LogP contribution in [-0.4, -0.2) is 6.71 Å². The van der Waals surface area contributed by atoms with Gasteiger partial charge in [-0.25, -0.2) is 0 Å². The van der Waals surface area contributed by atoms with Crippen molar-refractivity contribution in [1.82, 2.24) is 0 Å². The molecule has 0 fully saturated rings. The zero-order valence-electron chi connectivity index (χ0n) is 20.2. The topological polar surface area (TPSA) is 0 Å². The van der Waals surface area contributed by atoms with E-state index in [1.54, 1.807) is 0 Å². The lowest BCUT2D eigenvalue weighted by atomic mass is 9.47. The SMILES string of the molecule is C=C(c1ccccc1)c1ccccc1.CCB(C)CCc1ccccc1.CCCCC. The zero-order chi connectivity index (χ0) is 22.7. The Morgan fingerprint density at radius 3 is 1.45 bits per heavy atom. The number of benzene rings is 3. The average molecular weight is 412 g/mol. The molecule has 3 aromatic rings. The fourth-order valence-electron chi connectivity index (χ4n) is 3.06. The van der Waals surface area contributed by atoms with E-state index in [0.29, 0.717) is 0 Å². The molecule has 0 nitrogen and oxygen atoms in total. The highest BCUT2D eigenvalue weighted by molar-refractivity contribution is 6.57. The minimum Gasteiger partial charge on any atom is -0.0906 e. The van der Waals surface area contributed by atoms with Gasteiger partial charge in [-0.1, -0.05) is 157 Å². The van der Waals surface area contributed by atoms with Crippen molar-refractivity contribution in [2.45, 2.75) is 65.9 Å². The van der Waals surface area contributed by atoms with Crippen LogP contribution in [0.4, 0.5) is 0 Å². The molecule has 3 aromatic carbocycles. The molecular formula is C30H41B. The smallest absolute Gasteiger partial charge is 0.0906 e. The first-order valence-electron chi connectivity index (χ1n) is 12.0. The van der Waals surface area contributed by atoms with E-state index in [9.17, 15) is 0 Å². The van der Waals surface area contributed by atoms with E-state index in [1.807, 2.05) is 36.4 Å². The Labute approximate surface area is 192 Å². The van der Waals surface area contributed by atoms with Crippen molar-refractivity contribution in [3.63, 3.8) is 0 Å². The van der Waals surface area contributed by atoms with Crippen LogP contribution in [-0.2, 0) is 6.42 Å². The minimum absolute atomic E-state index is 0.866. The van der Waals surface area contributed by atoms with E-state index in [0.717, 1.165) is 12.3 Å². The Hall–Kier alpha value is -2.54. The predicted molar refractivity (Wildman–Crippen MR) is 143 cm³/mol. The van der Waals surface area contributed by atoms with Gasteiger partial charge >= 0.3 is 0 Å². The van der Waals surface area contributed by atoms with Crippen LogP contribution in [0.5, 0.6) is 0 Å². The molecule has 0 unspecified atom stereocenters. The minimum atomic E-state index is 0.866. The van der Waals surface area contributed by atoms with Gasteiger partial charge in [-0.3, -0.25) is 0 Å². The highest BCUT2D eigenvalue weighted by Crippen LogP contribution is 2.20. The molecule has 0 aliphatic carbocycles. The summed E-state index contributed by atoms with van der Waals surface area (Å²) < 4.78 is 0. The third-order valence-corrected chi connectivity index (χ3v) is 5.42. The molecule has 0 aliphatic heterocycles. The Morgan fingerprint density at radius 1 is 0.677 bits per heavy atom. The van der Waals surface area contributed by atoms with Crippen LogP contribution < -0.4 is 0 Å². The summed E-state index contributed by atoms with van der Waals surface area (Å²) in [5.74, 6) is 0. The molecule has 0 bridgehead atoms. The molecule has 0 saturated carbocycles. The number of aryl methyl sites for hydroxylation is 1. The highest BCUT2D eigenvalue weighted by atomic mass is 14.0. The van der Waals surface area contributed by atoms with Crippen molar-refractivity contribution in [2.24, 2.45) is 0 Å². The highest BCUT2D eigenvalue weighted by Gasteiger charge is 2.02. The lowest BCUT2D eigenvalue weighted by molar-refractivity contribution is 0.772. The summed E-state index contributed by atoms with van der Waals surface area (Å²) in [7, 11) is 0. The van der Waals surface area contributed by atoms with E-state index in [-0.39, 0.29) is 0 Å². The number of rotatable bonds is 8. The van der Waals surface area contributed by atoms with Gasteiger partial charge in [0.05, 0.1) is 0 Å². The molecule has 3 rings (SSSR count). The summed E-state index contributed by atoms with van der Waals surface area (Å²) in [4.78, 5) is 0. The van der Waals surface area contributed by atoms with E-state index in [2.05, 4.69) is 88.8 Å². The first-order valence-corrected chi connectivity index (χ1v) is 12.0. The molecule has 0 heterocycles. The number of unbranched alkanes of at least 4 members (excludes halogenated alkanes) is 2. The quantitative estimate of drug-likeness (QED) is 0.323. The monoisotopic (exact) mass is 412 g/mol. The molecule has 164 valence electrons. The van der Waals surface area contributed by atoms with Crippen LogP contribution in [0.1, 0.15) is 56.7 Å². The van der Waals surface area contributed by atoms with Crippen LogP contribution in [0.3, 0.4) is 0 Å². The van der Waals surface area contributed by atoms with Crippen LogP contribution in [0, 0.1) is 0 Å². The molecule has 0 aromatic heterocycles. The van der Waals surface area contributed by atoms with Crippen molar-refractivity contribution in [3.8, 4) is 0 Å². The van der Waals surface area contributed by atoms with Gasteiger partial charge in [0.15, 0.2) is 0 Å². The van der Waals surface area contributed by atoms with Gasteiger partial charge in [-0.2, -0.15) is 0 Å². The van der Waals surface area contributed by atoms with Crippen LogP contribution in [0.2, 0.25) is 19.5 Å². The second kappa shape index (κ2) is 17.2. The Bertz CT molecular complexity index is 750. The van der Waals surface area contributed by atoms with Crippen molar-refractivity contribution < 1.29 is 0 Å². The van der Waals surface area contributed by atoms with Crippen molar-refractivity contribution in [1.29, 1.82) is 0 Å². The Morgan fingerprint density at radius 2 is 1.10 bits per heavy atom. The van der Waals surface area contributed by atoms with Gasteiger partial charge in [-0.15, -0.1) is 0 Å². The van der Waals surface area contributed by atoms with E-state index in [1.165, 1.54) is 55.0 Å². The molecule has 0 amide bonds. The lowest BCUT2D eigenvalue weighted by Gasteiger charge is -2.04. The average Bonchev–Trinajstić information content (AvgIpc) is 2.85. The Balaban J connectivity index is 0.000000259. The molecule has 0 atom stereocenters. The van der Waals surface area contributed by atoms with Crippen LogP contribution in [0.25, 0.3) is 5.57 Å². The Kier molecular flexibility index (Phi) is 14.7. The summed E-state index contributed by atoms with van der Waals surface area (Å²) >= 11 is 0. The normalized spacial score (nSPS) is 9.55. The third-order valence-electron chi connectivity index (χ3n) is 5.42. The fraction of sp³-hybridized carbons (Fsp3) is 0.333. The standard InChI is InChI=1S/C14H12.C11H17B.C5H12/c1-12(13-8-4-2-5-9-13)14-10-6-3-7-11-14;1-3-12(2)10-9-11-7-5-4-6-8-11;1-3-5-4-2/h2-11H,1H2;4-8H,3,9-10H2,1-2H3;3-5H2,1-2H3. The maximum atomic E-state index is 4.10. The van der Waals surface area contributed by atoms with Gasteiger partial charge in [0.2, 0.25) is 0 Å². The molecule has 0 radical (unpaired) electrons. The summed E-state index contributed by atoms with van der Waals surface area (Å²) in [5, 5.41) is 0. The molecular weight excluding hydrogens is 371 g/mol.